The van der Waals surface area contributed by atoms with Gasteiger partial charge >= 0.3 is 0 Å². The Morgan fingerprint density at radius 3 is 3.22 bits per heavy atom. The van der Waals surface area contributed by atoms with Gasteiger partial charge in [0.15, 0.2) is 0 Å². The summed E-state index contributed by atoms with van der Waals surface area (Å²) in [4.78, 5) is 7.73. The average Bonchev–Trinajstić information content (AvgIpc) is 2.82. The zero-order valence-electron chi connectivity index (χ0n) is 9.80. The lowest BCUT2D eigenvalue weighted by Crippen LogP contribution is -1.90. The van der Waals surface area contributed by atoms with E-state index in [1.165, 1.54) is 6.21 Å². The minimum absolute atomic E-state index is 0.110. The topological polar surface area (TPSA) is 47.1 Å². The smallest absolute Gasteiger partial charge is 0.218 e. The first kappa shape index (κ1) is 14.2. The molecule has 0 atom stereocenters. The van der Waals surface area contributed by atoms with Crippen molar-refractivity contribution >= 4 is 23.1 Å². The number of ether oxygens (including phenoxy) is 1. The van der Waals surface area contributed by atoms with Gasteiger partial charge in [0.05, 0.1) is 25.6 Å². The molecule has 0 aliphatic heterocycles. The number of aliphatic imine (C=N–C) groups is 2. The molecule has 0 aliphatic carbocycles. The SMILES string of the molecule is C#C/C=N\C(Cl)=NCc1coc(COCC=C)c1. The van der Waals surface area contributed by atoms with E-state index in [0.29, 0.717) is 19.8 Å². The molecule has 18 heavy (non-hydrogen) atoms. The molecule has 0 unspecified atom stereocenters. The normalized spacial score (nSPS) is 11.7. The summed E-state index contributed by atoms with van der Waals surface area (Å²) in [5.41, 5.74) is 0.890. The minimum Gasteiger partial charge on any atom is -0.467 e. The summed E-state index contributed by atoms with van der Waals surface area (Å²) in [6, 6.07) is 1.85. The van der Waals surface area contributed by atoms with Crippen LogP contribution in [0.1, 0.15) is 11.3 Å². The Hall–Kier alpha value is -1.83. The maximum atomic E-state index is 5.71. The number of hydrogen-bond acceptors (Lipinski definition) is 3. The second-order valence-electron chi connectivity index (χ2n) is 3.24. The highest BCUT2D eigenvalue weighted by Crippen LogP contribution is 2.10. The summed E-state index contributed by atoms with van der Waals surface area (Å²) in [5, 5.41) is 0.110. The summed E-state index contributed by atoms with van der Waals surface area (Å²) in [6.07, 6.45) is 9.52. The minimum atomic E-state index is 0.110. The van der Waals surface area contributed by atoms with Crippen molar-refractivity contribution in [1.82, 2.24) is 0 Å². The van der Waals surface area contributed by atoms with Gasteiger partial charge in [-0.3, -0.25) is 4.99 Å². The van der Waals surface area contributed by atoms with E-state index in [1.807, 2.05) is 6.07 Å². The number of terminal acetylenes is 1. The van der Waals surface area contributed by atoms with Gasteiger partial charge in [-0.25, -0.2) is 4.99 Å². The van der Waals surface area contributed by atoms with E-state index in [1.54, 1.807) is 12.3 Å². The van der Waals surface area contributed by atoms with Crippen LogP contribution in [-0.4, -0.2) is 18.1 Å². The van der Waals surface area contributed by atoms with Crippen LogP contribution in [-0.2, 0) is 17.9 Å². The lowest BCUT2D eigenvalue weighted by atomic mass is 10.3. The van der Waals surface area contributed by atoms with Crippen molar-refractivity contribution in [2.45, 2.75) is 13.2 Å². The van der Waals surface area contributed by atoms with Crippen LogP contribution in [0, 0.1) is 12.3 Å². The first-order chi connectivity index (χ1) is 8.76. The van der Waals surface area contributed by atoms with Crippen molar-refractivity contribution < 1.29 is 9.15 Å². The Bertz CT molecular complexity index is 483. The Morgan fingerprint density at radius 1 is 1.67 bits per heavy atom. The fourth-order valence-corrected chi connectivity index (χ4v) is 1.22. The predicted octanol–water partition coefficient (Wildman–Crippen LogP) is 2.78. The Balaban J connectivity index is 2.46. The maximum absolute atomic E-state index is 5.71. The second-order valence-corrected chi connectivity index (χ2v) is 3.57. The van der Waals surface area contributed by atoms with E-state index in [0.717, 1.165) is 11.3 Å². The molecule has 0 saturated heterocycles. The number of amidine groups is 1. The number of halogens is 1. The van der Waals surface area contributed by atoms with E-state index < -0.39 is 0 Å². The van der Waals surface area contributed by atoms with Gasteiger partial charge in [-0.05, 0) is 17.7 Å². The second kappa shape index (κ2) is 8.29. The van der Waals surface area contributed by atoms with Crippen molar-refractivity contribution in [1.29, 1.82) is 0 Å². The van der Waals surface area contributed by atoms with Gasteiger partial charge in [-0.1, -0.05) is 12.0 Å². The van der Waals surface area contributed by atoms with Gasteiger partial charge in [0.2, 0.25) is 5.29 Å². The van der Waals surface area contributed by atoms with Gasteiger partial charge in [0.25, 0.3) is 0 Å². The van der Waals surface area contributed by atoms with E-state index in [2.05, 4.69) is 22.5 Å². The first-order valence-corrected chi connectivity index (χ1v) is 5.57. The molecule has 0 fully saturated rings. The number of furan rings is 1. The maximum Gasteiger partial charge on any atom is 0.218 e. The molecule has 0 saturated carbocycles. The summed E-state index contributed by atoms with van der Waals surface area (Å²) in [6.45, 7) is 4.82. The molecule has 1 heterocycles. The lowest BCUT2D eigenvalue weighted by molar-refractivity contribution is 0.132. The molecule has 5 heteroatoms. The van der Waals surface area contributed by atoms with Crippen LogP contribution >= 0.6 is 11.6 Å². The van der Waals surface area contributed by atoms with Crippen LogP contribution < -0.4 is 0 Å². The van der Waals surface area contributed by atoms with Gasteiger partial charge in [-0.2, -0.15) is 0 Å². The van der Waals surface area contributed by atoms with Gasteiger partial charge in [-0.15, -0.1) is 13.0 Å². The largest absolute Gasteiger partial charge is 0.467 e. The Kier molecular flexibility index (Phi) is 6.55. The van der Waals surface area contributed by atoms with Crippen LogP contribution in [0.5, 0.6) is 0 Å². The fraction of sp³-hybridized carbons (Fsp3) is 0.231. The molecule has 1 aromatic heterocycles. The van der Waals surface area contributed by atoms with E-state index in [9.17, 15) is 0 Å². The molecule has 0 radical (unpaired) electrons. The summed E-state index contributed by atoms with van der Waals surface area (Å²) in [7, 11) is 0. The van der Waals surface area contributed by atoms with E-state index in [4.69, 9.17) is 27.2 Å². The third-order valence-corrected chi connectivity index (χ3v) is 2.04. The molecule has 1 rings (SSSR count). The summed E-state index contributed by atoms with van der Waals surface area (Å²) < 4.78 is 10.5. The monoisotopic (exact) mass is 264 g/mol. The highest BCUT2D eigenvalue weighted by Gasteiger charge is 2.01. The van der Waals surface area contributed by atoms with E-state index >= 15 is 0 Å². The standard InChI is InChI=1S/C13H13ClN2O2/c1-3-5-15-13(14)16-8-11-7-12(18-9-11)10-17-6-4-2/h1,4-5,7,9H,2,6,8,10H2/b15-5-,16-13?. The van der Waals surface area contributed by atoms with Crippen molar-refractivity contribution in [3.05, 3.63) is 36.3 Å². The zero-order chi connectivity index (χ0) is 13.2. The van der Waals surface area contributed by atoms with Crippen LogP contribution in [0.4, 0.5) is 0 Å². The Labute approximate surface area is 111 Å². The highest BCUT2D eigenvalue weighted by molar-refractivity contribution is 6.65. The van der Waals surface area contributed by atoms with Crippen molar-refractivity contribution in [2.75, 3.05) is 6.61 Å². The van der Waals surface area contributed by atoms with Crippen LogP contribution in [0.25, 0.3) is 0 Å². The van der Waals surface area contributed by atoms with Crippen LogP contribution in [0.3, 0.4) is 0 Å². The molecule has 1 aromatic rings. The molecule has 0 aliphatic rings. The molecule has 0 N–H and O–H groups in total. The molecule has 4 nitrogen and oxygen atoms in total. The lowest BCUT2D eigenvalue weighted by Gasteiger charge is -1.95. The van der Waals surface area contributed by atoms with E-state index in [-0.39, 0.29) is 5.29 Å². The highest BCUT2D eigenvalue weighted by atomic mass is 35.5. The quantitative estimate of drug-likeness (QED) is 0.198. The van der Waals surface area contributed by atoms with Crippen LogP contribution in [0.15, 0.2) is 39.4 Å². The third-order valence-electron chi connectivity index (χ3n) is 1.83. The Morgan fingerprint density at radius 2 is 2.50 bits per heavy atom. The van der Waals surface area contributed by atoms with Gasteiger partial charge in [0, 0.05) is 5.56 Å². The molecule has 0 spiro atoms. The molecular weight excluding hydrogens is 252 g/mol. The molecule has 94 valence electrons. The summed E-state index contributed by atoms with van der Waals surface area (Å²) in [5.74, 6) is 2.96. The van der Waals surface area contributed by atoms with Gasteiger partial charge < -0.3 is 9.15 Å². The van der Waals surface area contributed by atoms with Gasteiger partial charge in [0.1, 0.15) is 12.4 Å². The molecule has 0 amide bonds. The zero-order valence-corrected chi connectivity index (χ0v) is 10.6. The first-order valence-electron chi connectivity index (χ1n) is 5.19. The fourth-order valence-electron chi connectivity index (χ4n) is 1.12. The number of rotatable bonds is 6. The predicted molar refractivity (Wildman–Crippen MR) is 72.9 cm³/mol. The number of hydrogen-bond donors (Lipinski definition) is 0. The molecular formula is C13H13ClN2O2. The van der Waals surface area contributed by atoms with Crippen molar-refractivity contribution in [3.63, 3.8) is 0 Å². The average molecular weight is 265 g/mol. The molecule has 0 aromatic carbocycles. The van der Waals surface area contributed by atoms with Crippen LogP contribution in [0.2, 0.25) is 0 Å². The summed E-state index contributed by atoms with van der Waals surface area (Å²) >= 11 is 5.71. The third kappa shape index (κ3) is 5.48. The number of nitrogens with zero attached hydrogens (tertiary/aromatic N) is 2. The van der Waals surface area contributed by atoms with Crippen molar-refractivity contribution in [2.24, 2.45) is 9.98 Å². The van der Waals surface area contributed by atoms with Crippen molar-refractivity contribution in [3.8, 4) is 12.3 Å². The molecule has 0 bridgehead atoms.